The summed E-state index contributed by atoms with van der Waals surface area (Å²) in [5, 5.41) is 9.17. The molecule has 0 amide bonds. The van der Waals surface area contributed by atoms with Crippen LogP contribution in [0.4, 0.5) is 13.2 Å². The molecule has 0 spiro atoms. The number of rotatable bonds is 2. The molecule has 0 aromatic heterocycles. The van der Waals surface area contributed by atoms with E-state index in [2.05, 4.69) is 0 Å². The minimum Gasteiger partial charge on any atom is -0.505 e. The first-order chi connectivity index (χ1) is 6.49. The van der Waals surface area contributed by atoms with Gasteiger partial charge >= 0.3 is 0 Å². The number of aromatic hydroxyl groups is 1. The highest BCUT2D eigenvalue weighted by Crippen LogP contribution is 2.31. The molecule has 1 aromatic carbocycles. The first-order valence-corrected chi connectivity index (χ1v) is 4.05. The molecule has 0 fully saturated rings. The normalized spacial score (nSPS) is 12.9. The Hall–Kier alpha value is -1.23. The van der Waals surface area contributed by atoms with Crippen LogP contribution in [0.25, 0.3) is 0 Å². The van der Waals surface area contributed by atoms with Gasteiger partial charge in [0.15, 0.2) is 23.2 Å². The first-order valence-electron chi connectivity index (χ1n) is 4.05. The van der Waals surface area contributed by atoms with Gasteiger partial charge in [-0.15, -0.1) is 0 Å². The van der Waals surface area contributed by atoms with E-state index in [4.69, 9.17) is 10.8 Å². The Kier molecular flexibility index (Phi) is 3.00. The zero-order valence-electron chi connectivity index (χ0n) is 7.52. The van der Waals surface area contributed by atoms with E-state index >= 15 is 0 Å². The van der Waals surface area contributed by atoms with E-state index in [9.17, 15) is 13.2 Å². The summed E-state index contributed by atoms with van der Waals surface area (Å²) in [4.78, 5) is 0. The molecule has 0 bridgehead atoms. The van der Waals surface area contributed by atoms with Gasteiger partial charge in [0.2, 0.25) is 0 Å². The lowest BCUT2D eigenvalue weighted by molar-refractivity contribution is 0.396. The summed E-state index contributed by atoms with van der Waals surface area (Å²) in [6, 6.07) is 0.303. The maximum atomic E-state index is 13.1. The second-order valence-electron chi connectivity index (χ2n) is 3.05. The molecular weight excluding hydrogens is 195 g/mol. The summed E-state index contributed by atoms with van der Waals surface area (Å²) in [5.41, 5.74) is 4.81. The van der Waals surface area contributed by atoms with Crippen LogP contribution in [-0.4, -0.2) is 11.7 Å². The van der Waals surface area contributed by atoms with E-state index in [1.807, 2.05) is 0 Å². The molecule has 2 nitrogen and oxygen atoms in total. The molecule has 0 saturated heterocycles. The predicted molar refractivity (Wildman–Crippen MR) is 45.5 cm³/mol. The van der Waals surface area contributed by atoms with E-state index in [0.717, 1.165) is 0 Å². The van der Waals surface area contributed by atoms with Crippen LogP contribution in [0.1, 0.15) is 18.4 Å². The maximum Gasteiger partial charge on any atom is 0.168 e. The minimum atomic E-state index is -1.32. The zero-order chi connectivity index (χ0) is 10.9. The molecule has 3 N–H and O–H groups in total. The van der Waals surface area contributed by atoms with Crippen molar-refractivity contribution in [3.8, 4) is 5.75 Å². The van der Waals surface area contributed by atoms with Crippen LogP contribution in [0.2, 0.25) is 0 Å². The molecule has 1 rings (SSSR count). The highest BCUT2D eigenvalue weighted by atomic mass is 19.2. The summed E-state index contributed by atoms with van der Waals surface area (Å²) < 4.78 is 38.7. The van der Waals surface area contributed by atoms with Crippen molar-refractivity contribution in [1.82, 2.24) is 0 Å². The second-order valence-corrected chi connectivity index (χ2v) is 3.05. The van der Waals surface area contributed by atoms with Gasteiger partial charge in [0.05, 0.1) is 0 Å². The number of nitrogens with two attached hydrogens (primary N) is 1. The van der Waals surface area contributed by atoms with E-state index in [1.54, 1.807) is 0 Å². The average Bonchev–Trinajstić information content (AvgIpc) is 2.15. The largest absolute Gasteiger partial charge is 0.505 e. The molecule has 1 unspecified atom stereocenters. The Labute approximate surface area is 79.2 Å². The molecular formula is C9H10F3NO. The van der Waals surface area contributed by atoms with Crippen LogP contribution < -0.4 is 5.73 Å². The summed E-state index contributed by atoms with van der Waals surface area (Å²) in [5.74, 6) is -5.27. The molecule has 0 heterocycles. The van der Waals surface area contributed by atoms with E-state index in [0.29, 0.717) is 6.07 Å². The number of phenols is 1. The van der Waals surface area contributed by atoms with Crippen molar-refractivity contribution in [1.29, 1.82) is 0 Å². The van der Waals surface area contributed by atoms with Gasteiger partial charge in [0.25, 0.3) is 0 Å². The lowest BCUT2D eigenvalue weighted by Crippen LogP contribution is -2.12. The van der Waals surface area contributed by atoms with Gasteiger partial charge in [-0.25, -0.2) is 13.2 Å². The fourth-order valence-electron chi connectivity index (χ4n) is 1.17. The van der Waals surface area contributed by atoms with Crippen molar-refractivity contribution in [2.24, 2.45) is 5.73 Å². The number of halogens is 3. The molecule has 0 saturated carbocycles. The fraction of sp³-hybridized carbons (Fsp3) is 0.333. The van der Waals surface area contributed by atoms with Crippen LogP contribution in [0.5, 0.6) is 5.75 Å². The van der Waals surface area contributed by atoms with Crippen molar-refractivity contribution in [2.75, 3.05) is 6.54 Å². The predicted octanol–water partition coefficient (Wildman–Crippen LogP) is 1.87. The molecule has 5 heteroatoms. The Balaban J connectivity index is 3.39. The molecule has 0 radical (unpaired) electrons. The van der Waals surface area contributed by atoms with Gasteiger partial charge in [0.1, 0.15) is 0 Å². The van der Waals surface area contributed by atoms with Gasteiger partial charge in [-0.2, -0.15) is 0 Å². The summed E-state index contributed by atoms with van der Waals surface area (Å²) in [6.07, 6.45) is 0. The molecule has 78 valence electrons. The van der Waals surface area contributed by atoms with Crippen LogP contribution >= 0.6 is 0 Å². The lowest BCUT2D eigenvalue weighted by Gasteiger charge is -2.13. The van der Waals surface area contributed by atoms with Crippen molar-refractivity contribution in [3.63, 3.8) is 0 Å². The van der Waals surface area contributed by atoms with Gasteiger partial charge in [-0.1, -0.05) is 6.92 Å². The highest BCUT2D eigenvalue weighted by Gasteiger charge is 2.21. The highest BCUT2D eigenvalue weighted by molar-refractivity contribution is 5.38. The van der Waals surface area contributed by atoms with Gasteiger partial charge in [-0.05, 0) is 6.54 Å². The van der Waals surface area contributed by atoms with Gasteiger partial charge < -0.3 is 10.8 Å². The quantitative estimate of drug-likeness (QED) is 0.724. The van der Waals surface area contributed by atoms with Crippen LogP contribution in [0, 0.1) is 17.5 Å². The smallest absolute Gasteiger partial charge is 0.168 e. The van der Waals surface area contributed by atoms with Crippen LogP contribution in [-0.2, 0) is 0 Å². The van der Waals surface area contributed by atoms with Crippen molar-refractivity contribution >= 4 is 0 Å². The standard InChI is InChI=1S/C9H10F3NO/c1-4(3-13)7-8(12)5(10)2-6(11)9(7)14/h2,4,14H,3,13H2,1H3. The second kappa shape index (κ2) is 3.88. The number of phenolic OH excluding ortho intramolecular Hbond substituents is 1. The third-order valence-electron chi connectivity index (χ3n) is 2.03. The average molecular weight is 205 g/mol. The first kappa shape index (κ1) is 10.8. The Morgan fingerprint density at radius 3 is 2.43 bits per heavy atom. The van der Waals surface area contributed by atoms with Crippen molar-refractivity contribution < 1.29 is 18.3 Å². The third kappa shape index (κ3) is 1.68. The van der Waals surface area contributed by atoms with Gasteiger partial charge in [-0.3, -0.25) is 0 Å². The molecule has 1 atom stereocenters. The Morgan fingerprint density at radius 2 is 1.93 bits per heavy atom. The minimum absolute atomic E-state index is 0.00657. The van der Waals surface area contributed by atoms with Crippen molar-refractivity contribution in [2.45, 2.75) is 12.8 Å². The number of benzene rings is 1. The van der Waals surface area contributed by atoms with Crippen LogP contribution in [0.3, 0.4) is 0 Å². The van der Waals surface area contributed by atoms with E-state index in [-0.39, 0.29) is 6.54 Å². The monoisotopic (exact) mass is 205 g/mol. The lowest BCUT2D eigenvalue weighted by atomic mass is 9.99. The number of hydrogen-bond acceptors (Lipinski definition) is 2. The molecule has 0 aliphatic rings. The Morgan fingerprint density at radius 1 is 1.36 bits per heavy atom. The van der Waals surface area contributed by atoms with Gasteiger partial charge in [0, 0.05) is 17.5 Å². The summed E-state index contributed by atoms with van der Waals surface area (Å²) in [6.45, 7) is 1.46. The third-order valence-corrected chi connectivity index (χ3v) is 2.03. The summed E-state index contributed by atoms with van der Waals surface area (Å²) in [7, 11) is 0. The zero-order valence-corrected chi connectivity index (χ0v) is 7.52. The fourth-order valence-corrected chi connectivity index (χ4v) is 1.17. The maximum absolute atomic E-state index is 13.1. The molecule has 0 aliphatic heterocycles. The van der Waals surface area contributed by atoms with E-state index in [1.165, 1.54) is 6.92 Å². The molecule has 14 heavy (non-hydrogen) atoms. The topological polar surface area (TPSA) is 46.2 Å². The SMILES string of the molecule is CC(CN)c1c(O)c(F)cc(F)c1F. The molecule has 1 aromatic rings. The molecule has 0 aliphatic carbocycles. The van der Waals surface area contributed by atoms with Crippen molar-refractivity contribution in [3.05, 3.63) is 29.1 Å². The van der Waals surface area contributed by atoms with Crippen LogP contribution in [0.15, 0.2) is 6.07 Å². The summed E-state index contributed by atoms with van der Waals surface area (Å²) >= 11 is 0. The number of hydrogen-bond donors (Lipinski definition) is 2. The van der Waals surface area contributed by atoms with E-state index < -0.39 is 34.7 Å². The Bertz CT molecular complexity index is 328.